The summed E-state index contributed by atoms with van der Waals surface area (Å²) in [5, 5.41) is 9.14. The third kappa shape index (κ3) is 2.13. The Morgan fingerprint density at radius 2 is 1.78 bits per heavy atom. The Morgan fingerprint density at radius 3 is 2.17 bits per heavy atom. The molecule has 100 valence electrons. The Balaban J connectivity index is 2.14. The van der Waals surface area contributed by atoms with Crippen molar-refractivity contribution in [3.05, 3.63) is 0 Å². The van der Waals surface area contributed by atoms with Crippen molar-refractivity contribution in [2.24, 2.45) is 23.7 Å². The summed E-state index contributed by atoms with van der Waals surface area (Å²) in [6.45, 7) is 3.62. The molecule has 18 heavy (non-hydrogen) atoms. The van der Waals surface area contributed by atoms with Crippen molar-refractivity contribution in [1.82, 2.24) is 4.90 Å². The maximum atomic E-state index is 12.1. The first-order chi connectivity index (χ1) is 8.41. The van der Waals surface area contributed by atoms with Crippen LogP contribution in [0, 0.1) is 23.7 Å². The highest BCUT2D eigenvalue weighted by molar-refractivity contribution is 6.01. The van der Waals surface area contributed by atoms with Gasteiger partial charge in [-0.15, -0.1) is 0 Å². The molecule has 2 bridgehead atoms. The van der Waals surface area contributed by atoms with Crippen molar-refractivity contribution in [2.45, 2.75) is 33.1 Å². The van der Waals surface area contributed by atoms with E-state index in [1.165, 1.54) is 4.90 Å². The number of likely N-dealkylation sites (tertiary alicyclic amines) is 1. The number of carboxylic acids is 1. The van der Waals surface area contributed by atoms with Crippen molar-refractivity contribution in [1.29, 1.82) is 0 Å². The average Bonchev–Trinajstić information content (AvgIpc) is 2.72. The van der Waals surface area contributed by atoms with E-state index in [0.717, 1.165) is 12.8 Å². The summed E-state index contributed by atoms with van der Waals surface area (Å²) in [4.78, 5) is 36.5. The minimum absolute atomic E-state index is 0.0255. The van der Waals surface area contributed by atoms with Gasteiger partial charge in [-0.1, -0.05) is 13.8 Å². The Hall–Kier alpha value is -1.39. The number of nitrogens with zero attached hydrogens (tertiary/aromatic N) is 1. The molecule has 2 aliphatic rings. The SMILES string of the molecule is CC(C)C(CN1C(=O)C2CCC(C2)C1=O)C(=O)O. The van der Waals surface area contributed by atoms with Gasteiger partial charge in [0, 0.05) is 18.4 Å². The molecule has 0 spiro atoms. The fourth-order valence-corrected chi connectivity index (χ4v) is 2.93. The van der Waals surface area contributed by atoms with Gasteiger partial charge >= 0.3 is 5.97 Å². The third-order valence-electron chi connectivity index (χ3n) is 4.16. The van der Waals surface area contributed by atoms with Crippen LogP contribution in [0.1, 0.15) is 33.1 Å². The Labute approximate surface area is 106 Å². The molecule has 5 nitrogen and oxygen atoms in total. The summed E-state index contributed by atoms with van der Waals surface area (Å²) in [7, 11) is 0. The van der Waals surface area contributed by atoms with E-state index >= 15 is 0 Å². The van der Waals surface area contributed by atoms with Gasteiger partial charge in [-0.3, -0.25) is 19.3 Å². The number of imide groups is 1. The lowest BCUT2D eigenvalue weighted by Crippen LogP contribution is -2.49. The van der Waals surface area contributed by atoms with E-state index in [0.29, 0.717) is 6.42 Å². The first-order valence-electron chi connectivity index (χ1n) is 6.49. The molecule has 1 saturated carbocycles. The summed E-state index contributed by atoms with van der Waals surface area (Å²) in [6, 6.07) is 0. The van der Waals surface area contributed by atoms with Crippen molar-refractivity contribution in [2.75, 3.05) is 6.54 Å². The van der Waals surface area contributed by atoms with Crippen LogP contribution in [0.3, 0.4) is 0 Å². The largest absolute Gasteiger partial charge is 0.481 e. The van der Waals surface area contributed by atoms with Crippen LogP contribution >= 0.6 is 0 Å². The molecule has 0 radical (unpaired) electrons. The predicted molar refractivity (Wildman–Crippen MR) is 63.5 cm³/mol. The molecule has 1 heterocycles. The lowest BCUT2D eigenvalue weighted by Gasteiger charge is -2.32. The molecule has 1 aliphatic carbocycles. The second-order valence-corrected chi connectivity index (χ2v) is 5.68. The van der Waals surface area contributed by atoms with Gasteiger partial charge in [-0.05, 0) is 25.2 Å². The van der Waals surface area contributed by atoms with E-state index < -0.39 is 11.9 Å². The van der Waals surface area contributed by atoms with E-state index in [9.17, 15) is 14.4 Å². The van der Waals surface area contributed by atoms with Crippen LogP contribution in [-0.2, 0) is 14.4 Å². The molecule has 5 heteroatoms. The maximum absolute atomic E-state index is 12.1. The molecule has 3 unspecified atom stereocenters. The quantitative estimate of drug-likeness (QED) is 0.762. The number of rotatable bonds is 4. The molecule has 1 N–H and O–H groups in total. The highest BCUT2D eigenvalue weighted by atomic mass is 16.4. The fraction of sp³-hybridized carbons (Fsp3) is 0.769. The smallest absolute Gasteiger partial charge is 0.308 e. The van der Waals surface area contributed by atoms with E-state index in [1.54, 1.807) is 13.8 Å². The van der Waals surface area contributed by atoms with Gasteiger partial charge in [0.05, 0.1) is 5.92 Å². The molecule has 1 saturated heterocycles. The zero-order valence-electron chi connectivity index (χ0n) is 10.8. The number of hydrogen-bond donors (Lipinski definition) is 1. The number of carbonyl (C=O) groups is 3. The second kappa shape index (κ2) is 4.71. The molecule has 2 rings (SSSR count). The zero-order valence-corrected chi connectivity index (χ0v) is 10.8. The standard InChI is InChI=1S/C13H19NO4/c1-7(2)10(13(17)18)6-14-11(15)8-3-4-9(5-8)12(14)16/h7-10H,3-6H2,1-2H3,(H,17,18). The highest BCUT2D eigenvalue weighted by Crippen LogP contribution is 2.38. The summed E-state index contributed by atoms with van der Waals surface area (Å²) >= 11 is 0. The van der Waals surface area contributed by atoms with Gasteiger partial charge in [0.2, 0.25) is 11.8 Å². The van der Waals surface area contributed by atoms with Crippen molar-refractivity contribution >= 4 is 17.8 Å². The van der Waals surface area contributed by atoms with Crippen LogP contribution < -0.4 is 0 Å². The van der Waals surface area contributed by atoms with E-state index in [1.807, 2.05) is 0 Å². The van der Waals surface area contributed by atoms with Gasteiger partial charge < -0.3 is 5.11 Å². The second-order valence-electron chi connectivity index (χ2n) is 5.68. The molecule has 2 fully saturated rings. The third-order valence-corrected chi connectivity index (χ3v) is 4.16. The minimum atomic E-state index is -0.941. The predicted octanol–water partition coefficient (Wildman–Crippen LogP) is 1.13. The van der Waals surface area contributed by atoms with Gasteiger partial charge in [-0.2, -0.15) is 0 Å². The van der Waals surface area contributed by atoms with Crippen LogP contribution in [0.2, 0.25) is 0 Å². The molecular weight excluding hydrogens is 234 g/mol. The summed E-state index contributed by atoms with van der Waals surface area (Å²) in [5.74, 6) is -2.16. The van der Waals surface area contributed by atoms with E-state index in [-0.39, 0.29) is 36.1 Å². The molecule has 2 amide bonds. The highest BCUT2D eigenvalue weighted by Gasteiger charge is 2.46. The Bertz CT molecular complexity index is 368. The lowest BCUT2D eigenvalue weighted by molar-refractivity contribution is -0.156. The summed E-state index contributed by atoms with van der Waals surface area (Å²) in [6.07, 6.45) is 2.20. The van der Waals surface area contributed by atoms with Crippen LogP contribution in [0.4, 0.5) is 0 Å². The topological polar surface area (TPSA) is 74.7 Å². The maximum Gasteiger partial charge on any atom is 0.308 e. The number of fused-ring (bicyclic) bond motifs is 2. The Kier molecular flexibility index (Phi) is 3.41. The van der Waals surface area contributed by atoms with Crippen molar-refractivity contribution in [3.63, 3.8) is 0 Å². The van der Waals surface area contributed by atoms with Crippen LogP contribution in [0.15, 0.2) is 0 Å². The molecule has 3 atom stereocenters. The van der Waals surface area contributed by atoms with Gasteiger partial charge in [-0.25, -0.2) is 0 Å². The van der Waals surface area contributed by atoms with Crippen molar-refractivity contribution < 1.29 is 19.5 Å². The number of piperidine rings is 1. The number of amides is 2. The number of carbonyl (C=O) groups excluding carboxylic acids is 2. The first kappa shape index (κ1) is 13.1. The summed E-state index contributed by atoms with van der Waals surface area (Å²) in [5.41, 5.74) is 0. The van der Waals surface area contributed by atoms with Gasteiger partial charge in [0.1, 0.15) is 0 Å². The minimum Gasteiger partial charge on any atom is -0.481 e. The van der Waals surface area contributed by atoms with Gasteiger partial charge in [0.25, 0.3) is 0 Å². The van der Waals surface area contributed by atoms with E-state index in [4.69, 9.17) is 5.11 Å². The van der Waals surface area contributed by atoms with E-state index in [2.05, 4.69) is 0 Å². The van der Waals surface area contributed by atoms with Crippen LogP contribution in [0.5, 0.6) is 0 Å². The number of carboxylic acid groups (broad SMARTS) is 1. The molecule has 1 aliphatic heterocycles. The average molecular weight is 253 g/mol. The fourth-order valence-electron chi connectivity index (χ4n) is 2.93. The van der Waals surface area contributed by atoms with Crippen LogP contribution in [-0.4, -0.2) is 34.3 Å². The lowest BCUT2D eigenvalue weighted by atomic mass is 9.92. The molecule has 0 aromatic carbocycles. The molecule has 0 aromatic rings. The Morgan fingerprint density at radius 1 is 1.28 bits per heavy atom. The molecular formula is C13H19NO4. The monoisotopic (exact) mass is 253 g/mol. The zero-order chi connectivity index (χ0) is 13.4. The normalized spacial score (nSPS) is 28.9. The van der Waals surface area contributed by atoms with Gasteiger partial charge in [0.15, 0.2) is 0 Å². The number of hydrogen-bond acceptors (Lipinski definition) is 3. The molecule has 0 aromatic heterocycles. The number of aliphatic carboxylic acids is 1. The van der Waals surface area contributed by atoms with Crippen LogP contribution in [0.25, 0.3) is 0 Å². The first-order valence-corrected chi connectivity index (χ1v) is 6.49. The summed E-state index contributed by atoms with van der Waals surface area (Å²) < 4.78 is 0. The van der Waals surface area contributed by atoms with Crippen molar-refractivity contribution in [3.8, 4) is 0 Å².